The van der Waals surface area contributed by atoms with Crippen LogP contribution in [0.15, 0.2) is 40.6 Å². The highest BCUT2D eigenvalue weighted by atomic mass is 32.2. The van der Waals surface area contributed by atoms with Gasteiger partial charge in [-0.3, -0.25) is 10.1 Å². The van der Waals surface area contributed by atoms with E-state index in [0.29, 0.717) is 45.6 Å². The molecule has 8 nitrogen and oxygen atoms in total. The standard InChI is InChI=1S/C23H24N2O6S2/c26-21(25-22-24-19(13-32-22)20-12-30-23(27)31-20)18(11-14-3-1-2-4-14)15-5-7-16(8-6-15)33(28,29)17-9-10-17/h5-8,11,13-14,17,20H,1-4,9-10,12H2,(H,24,25,26)/b18-11+. The Balaban J connectivity index is 1.37. The fourth-order valence-corrected chi connectivity index (χ4v) is 6.59. The molecular formula is C23H24N2O6S2. The van der Waals surface area contributed by atoms with Gasteiger partial charge in [0.2, 0.25) is 0 Å². The third-order valence-electron chi connectivity index (χ3n) is 6.17. The van der Waals surface area contributed by atoms with Crippen LogP contribution >= 0.6 is 11.3 Å². The molecule has 2 aromatic rings. The number of aromatic nitrogens is 1. The normalized spacial score (nSPS) is 21.6. The van der Waals surface area contributed by atoms with Gasteiger partial charge in [-0.15, -0.1) is 11.3 Å². The first kappa shape index (κ1) is 22.1. The molecule has 1 amide bonds. The molecule has 2 heterocycles. The molecule has 1 aromatic heterocycles. The molecule has 33 heavy (non-hydrogen) atoms. The first-order chi connectivity index (χ1) is 15.9. The smallest absolute Gasteiger partial charge is 0.430 e. The summed E-state index contributed by atoms with van der Waals surface area (Å²) in [6, 6.07) is 6.60. The maximum Gasteiger partial charge on any atom is 0.509 e. The lowest BCUT2D eigenvalue weighted by molar-refractivity contribution is -0.111. The van der Waals surface area contributed by atoms with Gasteiger partial charge in [0.1, 0.15) is 6.61 Å². The Bertz CT molecular complexity index is 1190. The number of hydrogen-bond acceptors (Lipinski definition) is 8. The molecule has 174 valence electrons. The minimum atomic E-state index is -3.28. The number of carbonyl (C=O) groups is 2. The highest BCUT2D eigenvalue weighted by Crippen LogP contribution is 2.35. The molecule has 3 aliphatic rings. The summed E-state index contributed by atoms with van der Waals surface area (Å²) >= 11 is 1.24. The van der Waals surface area contributed by atoms with E-state index < -0.39 is 22.1 Å². The molecule has 5 rings (SSSR count). The van der Waals surface area contributed by atoms with E-state index in [1.54, 1.807) is 29.6 Å². The third-order valence-corrected chi connectivity index (χ3v) is 9.22. The van der Waals surface area contributed by atoms with Crippen LogP contribution < -0.4 is 5.32 Å². The summed E-state index contributed by atoms with van der Waals surface area (Å²) in [7, 11) is -3.28. The number of benzene rings is 1. The molecule has 0 radical (unpaired) electrons. The molecule has 2 saturated carbocycles. The van der Waals surface area contributed by atoms with E-state index >= 15 is 0 Å². The van der Waals surface area contributed by atoms with Crippen molar-refractivity contribution in [3.05, 3.63) is 47.0 Å². The predicted molar refractivity (Wildman–Crippen MR) is 123 cm³/mol. The quantitative estimate of drug-likeness (QED) is 0.451. The molecule has 3 fully saturated rings. The van der Waals surface area contributed by atoms with Crippen molar-refractivity contribution in [2.45, 2.75) is 54.8 Å². The summed E-state index contributed by atoms with van der Waals surface area (Å²) in [5.74, 6) is 0.00259. The second kappa shape index (κ2) is 8.90. The Morgan fingerprint density at radius 3 is 2.48 bits per heavy atom. The minimum absolute atomic E-state index is 0.0961. The average Bonchev–Trinajstić information content (AvgIpc) is 3.16. The zero-order valence-corrected chi connectivity index (χ0v) is 19.5. The molecule has 1 N–H and O–H groups in total. The Morgan fingerprint density at radius 2 is 1.85 bits per heavy atom. The van der Waals surface area contributed by atoms with E-state index in [2.05, 4.69) is 10.3 Å². The van der Waals surface area contributed by atoms with Gasteiger partial charge in [0.15, 0.2) is 21.1 Å². The summed E-state index contributed by atoms with van der Waals surface area (Å²) in [5, 5.41) is 4.68. The van der Waals surface area contributed by atoms with E-state index in [-0.39, 0.29) is 17.8 Å². The Kier molecular flexibility index (Phi) is 5.96. The van der Waals surface area contributed by atoms with E-state index in [4.69, 9.17) is 9.47 Å². The molecule has 1 aromatic carbocycles. The van der Waals surface area contributed by atoms with Crippen LogP contribution in [0.1, 0.15) is 55.9 Å². The number of anilines is 1. The maximum absolute atomic E-state index is 13.2. The number of sulfone groups is 1. The number of cyclic esters (lactones) is 2. The fourth-order valence-electron chi connectivity index (χ4n) is 4.19. The highest BCUT2D eigenvalue weighted by molar-refractivity contribution is 7.92. The summed E-state index contributed by atoms with van der Waals surface area (Å²) in [6.45, 7) is 0.0961. The van der Waals surface area contributed by atoms with Crippen LogP contribution in [0, 0.1) is 5.92 Å². The molecule has 10 heteroatoms. The molecule has 0 bridgehead atoms. The van der Waals surface area contributed by atoms with Crippen LogP contribution in [0.25, 0.3) is 5.57 Å². The number of nitrogens with one attached hydrogen (secondary N) is 1. The third kappa shape index (κ3) is 4.81. The minimum Gasteiger partial charge on any atom is -0.430 e. The van der Waals surface area contributed by atoms with Crippen molar-refractivity contribution in [3.63, 3.8) is 0 Å². The lowest BCUT2D eigenvalue weighted by Crippen LogP contribution is -2.15. The highest BCUT2D eigenvalue weighted by Gasteiger charge is 2.37. The van der Waals surface area contributed by atoms with Gasteiger partial charge in [-0.05, 0) is 49.3 Å². The van der Waals surface area contributed by atoms with Gasteiger partial charge >= 0.3 is 6.16 Å². The van der Waals surface area contributed by atoms with Gasteiger partial charge in [-0.25, -0.2) is 18.2 Å². The van der Waals surface area contributed by atoms with Gasteiger partial charge in [0.05, 0.1) is 15.8 Å². The van der Waals surface area contributed by atoms with Crippen LogP contribution in [-0.2, 0) is 24.1 Å². The number of hydrogen-bond donors (Lipinski definition) is 1. The first-order valence-electron chi connectivity index (χ1n) is 11.1. The number of ether oxygens (including phenoxy) is 2. The number of allylic oxidation sites excluding steroid dienone is 1. The van der Waals surface area contributed by atoms with Crippen molar-refractivity contribution in [1.82, 2.24) is 4.98 Å². The monoisotopic (exact) mass is 488 g/mol. The van der Waals surface area contributed by atoms with Crippen molar-refractivity contribution in [3.8, 4) is 0 Å². The zero-order chi connectivity index (χ0) is 23.0. The van der Waals surface area contributed by atoms with Crippen molar-refractivity contribution >= 4 is 43.9 Å². The number of amides is 1. The van der Waals surface area contributed by atoms with E-state index in [9.17, 15) is 18.0 Å². The number of carbonyl (C=O) groups excluding carboxylic acids is 2. The average molecular weight is 489 g/mol. The van der Waals surface area contributed by atoms with Crippen molar-refractivity contribution < 1.29 is 27.5 Å². The zero-order valence-electron chi connectivity index (χ0n) is 17.9. The van der Waals surface area contributed by atoms with Crippen LogP contribution in [0.4, 0.5) is 9.93 Å². The molecule has 1 saturated heterocycles. The van der Waals surface area contributed by atoms with Crippen LogP contribution in [0.5, 0.6) is 0 Å². The van der Waals surface area contributed by atoms with Gasteiger partial charge < -0.3 is 9.47 Å². The molecular weight excluding hydrogens is 464 g/mol. The molecule has 1 unspecified atom stereocenters. The van der Waals surface area contributed by atoms with Gasteiger partial charge in [0, 0.05) is 11.0 Å². The Labute approximate surface area is 195 Å². The van der Waals surface area contributed by atoms with Crippen LogP contribution in [-0.4, -0.2) is 37.3 Å². The summed E-state index contributed by atoms with van der Waals surface area (Å²) in [4.78, 5) is 29.1. The maximum atomic E-state index is 13.2. The SMILES string of the molecule is O=C1OCC(c2csc(NC(=O)/C(=C/C3CCCC3)c3ccc(S(=O)(=O)C4CC4)cc3)n2)O1. The topological polar surface area (TPSA) is 112 Å². The summed E-state index contributed by atoms with van der Waals surface area (Å²) in [6.07, 6.45) is 6.43. The lowest BCUT2D eigenvalue weighted by atomic mass is 9.98. The Hall–Kier alpha value is -2.72. The molecule has 1 atom stereocenters. The second-order valence-electron chi connectivity index (χ2n) is 8.59. The second-order valence-corrected chi connectivity index (χ2v) is 11.7. The van der Waals surface area contributed by atoms with E-state index in [1.165, 1.54) is 11.3 Å². The van der Waals surface area contributed by atoms with Crippen molar-refractivity contribution in [1.29, 1.82) is 0 Å². The predicted octanol–water partition coefficient (Wildman–Crippen LogP) is 4.50. The van der Waals surface area contributed by atoms with Crippen molar-refractivity contribution in [2.24, 2.45) is 5.92 Å². The number of thiazole rings is 1. The van der Waals surface area contributed by atoms with Gasteiger partial charge in [-0.1, -0.05) is 31.1 Å². The van der Waals surface area contributed by atoms with Crippen molar-refractivity contribution in [2.75, 3.05) is 11.9 Å². The fraction of sp³-hybridized carbons (Fsp3) is 0.435. The molecule has 1 aliphatic heterocycles. The van der Waals surface area contributed by atoms with Gasteiger partial charge in [-0.2, -0.15) is 0 Å². The molecule has 0 spiro atoms. The number of nitrogens with zero attached hydrogens (tertiary/aromatic N) is 1. The van der Waals surface area contributed by atoms with Gasteiger partial charge in [0.25, 0.3) is 5.91 Å². The summed E-state index contributed by atoms with van der Waals surface area (Å²) < 4.78 is 34.9. The number of rotatable bonds is 7. The summed E-state index contributed by atoms with van der Waals surface area (Å²) in [5.41, 5.74) is 1.70. The van der Waals surface area contributed by atoms with Crippen LogP contribution in [0.3, 0.4) is 0 Å². The van der Waals surface area contributed by atoms with Crippen LogP contribution in [0.2, 0.25) is 0 Å². The largest absolute Gasteiger partial charge is 0.509 e. The molecule has 2 aliphatic carbocycles. The van der Waals surface area contributed by atoms with E-state index in [0.717, 1.165) is 25.7 Å². The first-order valence-corrected chi connectivity index (χ1v) is 13.5. The lowest BCUT2D eigenvalue weighted by Gasteiger charge is -2.12. The Morgan fingerprint density at radius 1 is 1.12 bits per heavy atom. The van der Waals surface area contributed by atoms with E-state index in [1.807, 2.05) is 6.08 Å².